The lowest BCUT2D eigenvalue weighted by Crippen LogP contribution is -2.35. The van der Waals surface area contributed by atoms with E-state index in [0.29, 0.717) is 5.75 Å². The molecule has 0 heterocycles. The van der Waals surface area contributed by atoms with Crippen LogP contribution >= 0.6 is 0 Å². The number of aliphatic carboxylic acids is 1. The van der Waals surface area contributed by atoms with Crippen molar-refractivity contribution in [3.63, 3.8) is 0 Å². The van der Waals surface area contributed by atoms with Crippen molar-refractivity contribution >= 4 is 16.8 Å². The smallest absolute Gasteiger partial charge is 0.321 e. The van der Waals surface area contributed by atoms with Crippen LogP contribution in [0.4, 0.5) is 0 Å². The molecule has 0 spiro atoms. The predicted molar refractivity (Wildman–Crippen MR) is 70.1 cm³/mol. The predicted octanol–water partition coefficient (Wildman–Crippen LogP) is 1.02. The Morgan fingerprint density at radius 1 is 1.29 bits per heavy atom. The number of rotatable bonds is 5. The maximum atomic E-state index is 10.9. The fourth-order valence-electron chi connectivity index (χ4n) is 0.856. The number of carboxylic acids is 1. The van der Waals surface area contributed by atoms with Crippen LogP contribution in [0, 0.1) is 0 Å². The van der Waals surface area contributed by atoms with E-state index >= 15 is 0 Å². The van der Waals surface area contributed by atoms with E-state index in [0.717, 1.165) is 0 Å². The lowest BCUT2D eigenvalue weighted by Gasteiger charge is -2.03. The molecule has 1 rings (SSSR count). The Kier molecular flexibility index (Phi) is 8.91. The second kappa shape index (κ2) is 9.74. The summed E-state index contributed by atoms with van der Waals surface area (Å²) in [5.41, 5.74) is 5.12. The Morgan fingerprint density at radius 2 is 1.71 bits per heavy atom. The van der Waals surface area contributed by atoms with Gasteiger partial charge in [0.05, 0.1) is 0 Å². The van der Waals surface area contributed by atoms with Gasteiger partial charge in [-0.3, -0.25) is 9.00 Å². The molecule has 0 aliphatic carbocycles. The molecule has 0 saturated carbocycles. The Bertz CT molecular complexity index is 327. The molecule has 5 heteroatoms. The fraction of sp³-hybridized carbons (Fsp3) is 0.250. The van der Waals surface area contributed by atoms with Crippen molar-refractivity contribution in [1.82, 2.24) is 0 Å². The van der Waals surface area contributed by atoms with Crippen LogP contribution in [0.15, 0.2) is 49.1 Å². The average Bonchev–Trinajstić information content (AvgIpc) is 2.32. The number of benzene rings is 1. The fourth-order valence-corrected chi connectivity index (χ4v) is 1.80. The van der Waals surface area contributed by atoms with Crippen molar-refractivity contribution in [3.8, 4) is 0 Å². The summed E-state index contributed by atoms with van der Waals surface area (Å²) in [4.78, 5) is 10.2. The molecule has 0 fully saturated rings. The molecule has 0 bridgehead atoms. The minimum Gasteiger partial charge on any atom is -0.480 e. The maximum Gasteiger partial charge on any atom is 0.321 e. The van der Waals surface area contributed by atoms with Crippen LogP contribution < -0.4 is 5.73 Å². The molecule has 1 aromatic carbocycles. The number of hydrogen-bond donors (Lipinski definition) is 2. The summed E-state index contributed by atoms with van der Waals surface area (Å²) in [5.74, 6) is -0.843. The molecular weight excluding hydrogens is 238 g/mol. The van der Waals surface area contributed by atoms with E-state index in [-0.39, 0.29) is 5.75 Å². The van der Waals surface area contributed by atoms with Gasteiger partial charge >= 0.3 is 5.97 Å². The van der Waals surface area contributed by atoms with Crippen LogP contribution in [-0.2, 0) is 15.6 Å². The number of carboxylic acid groups (broad SMARTS) is 1. The first kappa shape index (κ1) is 15.5. The van der Waals surface area contributed by atoms with Gasteiger partial charge in [-0.05, 0) is 0 Å². The summed E-state index contributed by atoms with van der Waals surface area (Å²) >= 11 is 0. The van der Waals surface area contributed by atoms with Gasteiger partial charge in [-0.15, -0.1) is 6.58 Å². The third-order valence-corrected chi connectivity index (χ3v) is 2.99. The number of carbonyl (C=O) groups is 1. The van der Waals surface area contributed by atoms with Gasteiger partial charge in [-0.25, -0.2) is 0 Å². The van der Waals surface area contributed by atoms with Crippen molar-refractivity contribution in [1.29, 1.82) is 0 Å². The minimum atomic E-state index is -1.19. The van der Waals surface area contributed by atoms with Crippen molar-refractivity contribution in [2.45, 2.75) is 6.04 Å². The molecule has 0 saturated heterocycles. The highest BCUT2D eigenvalue weighted by atomic mass is 32.2. The zero-order valence-corrected chi connectivity index (χ0v) is 10.3. The highest BCUT2D eigenvalue weighted by Crippen LogP contribution is 1.87. The van der Waals surface area contributed by atoms with Gasteiger partial charge in [0, 0.05) is 22.3 Å². The van der Waals surface area contributed by atoms with Crippen molar-refractivity contribution in [3.05, 3.63) is 49.1 Å². The van der Waals surface area contributed by atoms with Gasteiger partial charge in [-0.2, -0.15) is 0 Å². The molecule has 1 aromatic rings. The summed E-state index contributed by atoms with van der Waals surface area (Å²) in [6.07, 6.45) is 1.48. The van der Waals surface area contributed by atoms with E-state index in [2.05, 4.69) is 6.58 Å². The SMILES string of the molecule is C=CCS(=O)CC(N)C(=O)O.c1ccccc1. The molecule has 0 amide bonds. The van der Waals surface area contributed by atoms with Gasteiger partial charge in [0.2, 0.25) is 0 Å². The summed E-state index contributed by atoms with van der Waals surface area (Å²) < 4.78 is 10.9. The standard InChI is InChI=1S/C6H11NO3S.C6H6/c1-2-3-11(10)4-5(7)6(8)9;1-2-4-6-5-3-1/h2,5H,1,3-4,7H2,(H,8,9);1-6H. The largest absolute Gasteiger partial charge is 0.480 e. The zero-order chi connectivity index (χ0) is 13.1. The van der Waals surface area contributed by atoms with Crippen LogP contribution in [0.5, 0.6) is 0 Å². The topological polar surface area (TPSA) is 80.4 Å². The van der Waals surface area contributed by atoms with Crippen molar-refractivity contribution < 1.29 is 14.1 Å². The van der Waals surface area contributed by atoms with Gasteiger partial charge in [0.1, 0.15) is 6.04 Å². The molecule has 4 nitrogen and oxygen atoms in total. The van der Waals surface area contributed by atoms with E-state index in [1.807, 2.05) is 36.4 Å². The highest BCUT2D eigenvalue weighted by Gasteiger charge is 2.13. The van der Waals surface area contributed by atoms with Crippen LogP contribution in [0.25, 0.3) is 0 Å². The molecule has 0 aromatic heterocycles. The van der Waals surface area contributed by atoms with Crippen LogP contribution in [0.1, 0.15) is 0 Å². The van der Waals surface area contributed by atoms with Gasteiger partial charge in [-0.1, -0.05) is 42.5 Å². The molecule has 94 valence electrons. The summed E-state index contributed by atoms with van der Waals surface area (Å²) in [7, 11) is -1.19. The zero-order valence-electron chi connectivity index (χ0n) is 9.49. The van der Waals surface area contributed by atoms with E-state index in [4.69, 9.17) is 10.8 Å². The average molecular weight is 255 g/mol. The van der Waals surface area contributed by atoms with Gasteiger partial charge < -0.3 is 10.8 Å². The van der Waals surface area contributed by atoms with Crippen LogP contribution in [0.3, 0.4) is 0 Å². The van der Waals surface area contributed by atoms with Crippen LogP contribution in [-0.4, -0.2) is 32.8 Å². The monoisotopic (exact) mass is 255 g/mol. The van der Waals surface area contributed by atoms with E-state index in [9.17, 15) is 9.00 Å². The molecule has 3 N–H and O–H groups in total. The van der Waals surface area contributed by atoms with Gasteiger partial charge in [0.25, 0.3) is 0 Å². The maximum absolute atomic E-state index is 10.9. The normalized spacial score (nSPS) is 12.8. The molecule has 2 atom stereocenters. The summed E-state index contributed by atoms with van der Waals surface area (Å²) in [5, 5.41) is 8.31. The first-order valence-corrected chi connectivity index (χ1v) is 6.51. The Balaban J connectivity index is 0.000000354. The third-order valence-electron chi connectivity index (χ3n) is 1.65. The first-order chi connectivity index (χ1) is 8.07. The molecule has 0 radical (unpaired) electrons. The van der Waals surface area contributed by atoms with Crippen LogP contribution in [0.2, 0.25) is 0 Å². The lowest BCUT2D eigenvalue weighted by atomic mass is 10.4. The summed E-state index contributed by atoms with van der Waals surface area (Å²) in [6.45, 7) is 3.37. The van der Waals surface area contributed by atoms with Gasteiger partial charge in [0.15, 0.2) is 0 Å². The Labute approximate surface area is 104 Å². The molecule has 0 aliphatic rings. The number of nitrogens with two attached hydrogens (primary N) is 1. The van der Waals surface area contributed by atoms with E-state index in [1.165, 1.54) is 6.08 Å². The molecule has 0 aliphatic heterocycles. The minimum absolute atomic E-state index is 0.0125. The van der Waals surface area contributed by atoms with Crippen molar-refractivity contribution in [2.24, 2.45) is 5.73 Å². The highest BCUT2D eigenvalue weighted by molar-refractivity contribution is 7.85. The van der Waals surface area contributed by atoms with Crippen molar-refractivity contribution in [2.75, 3.05) is 11.5 Å². The molecule has 17 heavy (non-hydrogen) atoms. The Hall–Kier alpha value is -1.46. The molecule has 2 unspecified atom stereocenters. The summed E-state index contributed by atoms with van der Waals surface area (Å²) in [6, 6.07) is 11.0. The third kappa shape index (κ3) is 9.47. The van der Waals surface area contributed by atoms with E-state index < -0.39 is 22.8 Å². The second-order valence-electron chi connectivity index (χ2n) is 3.16. The molecular formula is C12H17NO3S. The first-order valence-electron chi connectivity index (χ1n) is 5.02. The lowest BCUT2D eigenvalue weighted by molar-refractivity contribution is -0.137. The Morgan fingerprint density at radius 3 is 2.00 bits per heavy atom. The number of hydrogen-bond acceptors (Lipinski definition) is 3. The second-order valence-corrected chi connectivity index (χ2v) is 4.71. The quantitative estimate of drug-likeness (QED) is 0.770. The van der Waals surface area contributed by atoms with E-state index in [1.54, 1.807) is 0 Å².